The van der Waals surface area contributed by atoms with Crippen LogP contribution in [0, 0.1) is 5.92 Å². The van der Waals surface area contributed by atoms with Crippen molar-refractivity contribution < 1.29 is 14.4 Å². The van der Waals surface area contributed by atoms with Gasteiger partial charge in [0, 0.05) is 6.42 Å². The van der Waals surface area contributed by atoms with Gasteiger partial charge >= 0.3 is 5.97 Å². The third-order valence-corrected chi connectivity index (χ3v) is 3.75. The van der Waals surface area contributed by atoms with Gasteiger partial charge in [0.2, 0.25) is 0 Å². The number of likely N-dealkylation sites (tertiary alicyclic amines) is 1. The van der Waals surface area contributed by atoms with E-state index in [1.54, 1.807) is 19.1 Å². The van der Waals surface area contributed by atoms with Gasteiger partial charge in [-0.05, 0) is 45.1 Å². The van der Waals surface area contributed by atoms with Crippen molar-refractivity contribution in [3.8, 4) is 0 Å². The molecule has 0 atom stereocenters. The molecular formula is C16H22N2O3. The van der Waals surface area contributed by atoms with Crippen LogP contribution in [-0.4, -0.2) is 36.9 Å². The average Bonchev–Trinajstić information content (AvgIpc) is 2.53. The summed E-state index contributed by atoms with van der Waals surface area (Å²) in [5.74, 6) is -0.659. The second-order valence-corrected chi connectivity index (χ2v) is 5.37. The number of hydrogen-bond donors (Lipinski definition) is 0. The van der Waals surface area contributed by atoms with Gasteiger partial charge in [-0.15, -0.1) is 5.06 Å². The van der Waals surface area contributed by atoms with Gasteiger partial charge in [-0.3, -0.25) is 4.79 Å². The number of piperidine rings is 1. The molecule has 1 saturated heterocycles. The second kappa shape index (κ2) is 7.22. The summed E-state index contributed by atoms with van der Waals surface area (Å²) in [5.41, 5.74) is 0.589. The first kappa shape index (κ1) is 15.5. The molecular weight excluding hydrogens is 268 g/mol. The lowest BCUT2D eigenvalue weighted by atomic mass is 9.98. The molecule has 0 unspecified atom stereocenters. The molecule has 1 aliphatic rings. The van der Waals surface area contributed by atoms with Gasteiger partial charge in [-0.25, -0.2) is 4.79 Å². The van der Waals surface area contributed by atoms with Crippen molar-refractivity contribution in [2.45, 2.75) is 26.2 Å². The largest absolute Gasteiger partial charge is 0.336 e. The number of benzene rings is 1. The number of amides is 1. The first-order valence-corrected chi connectivity index (χ1v) is 7.40. The van der Waals surface area contributed by atoms with E-state index in [0.29, 0.717) is 5.69 Å². The predicted molar refractivity (Wildman–Crippen MR) is 80.5 cm³/mol. The minimum absolute atomic E-state index is 0.128. The zero-order valence-electron chi connectivity index (χ0n) is 12.6. The highest BCUT2D eigenvalue weighted by atomic mass is 16.7. The Morgan fingerprint density at radius 3 is 2.43 bits per heavy atom. The van der Waals surface area contributed by atoms with Crippen LogP contribution < -0.4 is 5.06 Å². The van der Waals surface area contributed by atoms with Crippen LogP contribution in [0.4, 0.5) is 5.69 Å². The minimum atomic E-state index is -0.311. The number of hydroxylamine groups is 1. The molecule has 0 saturated carbocycles. The van der Waals surface area contributed by atoms with E-state index in [9.17, 15) is 9.59 Å². The SMILES string of the molecule is CCC(=O)N(OC(=O)C1CCN(C)CC1)c1ccccc1. The normalized spacial score (nSPS) is 16.5. The summed E-state index contributed by atoms with van der Waals surface area (Å²) >= 11 is 0. The number of anilines is 1. The van der Waals surface area contributed by atoms with Gasteiger partial charge in [0.25, 0.3) is 5.91 Å². The van der Waals surface area contributed by atoms with Crippen molar-refractivity contribution in [1.82, 2.24) is 4.90 Å². The lowest BCUT2D eigenvalue weighted by Crippen LogP contribution is -2.39. The number of para-hydroxylation sites is 1. The highest BCUT2D eigenvalue weighted by Gasteiger charge is 2.28. The highest BCUT2D eigenvalue weighted by molar-refractivity contribution is 5.93. The van der Waals surface area contributed by atoms with Gasteiger partial charge in [0.15, 0.2) is 0 Å². The lowest BCUT2D eigenvalue weighted by molar-refractivity contribution is -0.156. The molecule has 0 aromatic heterocycles. The molecule has 5 heteroatoms. The Labute approximate surface area is 125 Å². The second-order valence-electron chi connectivity index (χ2n) is 5.37. The van der Waals surface area contributed by atoms with Crippen LogP contribution >= 0.6 is 0 Å². The Morgan fingerprint density at radius 2 is 1.86 bits per heavy atom. The molecule has 1 heterocycles. The summed E-state index contributed by atoms with van der Waals surface area (Å²) in [4.78, 5) is 31.9. The zero-order valence-corrected chi connectivity index (χ0v) is 12.6. The summed E-state index contributed by atoms with van der Waals surface area (Å²) in [6.07, 6.45) is 1.84. The van der Waals surface area contributed by atoms with E-state index >= 15 is 0 Å². The van der Waals surface area contributed by atoms with Crippen molar-refractivity contribution in [2.75, 3.05) is 25.2 Å². The van der Waals surface area contributed by atoms with E-state index in [-0.39, 0.29) is 24.2 Å². The van der Waals surface area contributed by atoms with Gasteiger partial charge < -0.3 is 9.74 Å². The van der Waals surface area contributed by atoms with E-state index in [0.717, 1.165) is 31.0 Å². The standard InChI is InChI=1S/C16H22N2O3/c1-3-15(19)18(14-7-5-4-6-8-14)21-16(20)13-9-11-17(2)12-10-13/h4-8,13H,3,9-12H2,1-2H3. The van der Waals surface area contributed by atoms with E-state index < -0.39 is 0 Å². The maximum absolute atomic E-state index is 12.3. The lowest BCUT2D eigenvalue weighted by Gasteiger charge is -2.29. The van der Waals surface area contributed by atoms with Crippen molar-refractivity contribution in [3.63, 3.8) is 0 Å². The quantitative estimate of drug-likeness (QED) is 0.801. The van der Waals surface area contributed by atoms with Crippen LogP contribution in [0.15, 0.2) is 30.3 Å². The average molecular weight is 290 g/mol. The first-order valence-electron chi connectivity index (χ1n) is 7.40. The molecule has 1 aliphatic heterocycles. The van der Waals surface area contributed by atoms with Crippen LogP contribution in [0.5, 0.6) is 0 Å². The smallest absolute Gasteiger partial charge is 0.333 e. The molecule has 1 fully saturated rings. The summed E-state index contributed by atoms with van der Waals surface area (Å²) in [6, 6.07) is 9.01. The van der Waals surface area contributed by atoms with Crippen molar-refractivity contribution in [2.24, 2.45) is 5.92 Å². The molecule has 5 nitrogen and oxygen atoms in total. The van der Waals surface area contributed by atoms with Gasteiger partial charge in [0.05, 0.1) is 11.6 Å². The Balaban J connectivity index is 2.05. The number of hydrogen-bond acceptors (Lipinski definition) is 4. The predicted octanol–water partition coefficient (Wildman–Crippen LogP) is 2.23. The Morgan fingerprint density at radius 1 is 1.24 bits per heavy atom. The molecule has 114 valence electrons. The van der Waals surface area contributed by atoms with E-state index in [4.69, 9.17) is 4.84 Å². The summed E-state index contributed by atoms with van der Waals surface area (Å²) in [6.45, 7) is 3.52. The fourth-order valence-corrected chi connectivity index (χ4v) is 2.36. The van der Waals surface area contributed by atoms with Crippen LogP contribution in [0.3, 0.4) is 0 Å². The third kappa shape index (κ3) is 4.04. The molecule has 1 amide bonds. The molecule has 0 spiro atoms. The Kier molecular flexibility index (Phi) is 5.33. The molecule has 0 N–H and O–H groups in total. The minimum Gasteiger partial charge on any atom is -0.333 e. The monoisotopic (exact) mass is 290 g/mol. The fourth-order valence-electron chi connectivity index (χ4n) is 2.36. The van der Waals surface area contributed by atoms with E-state index in [1.165, 1.54) is 0 Å². The van der Waals surface area contributed by atoms with E-state index in [1.807, 2.05) is 25.2 Å². The zero-order chi connectivity index (χ0) is 15.2. The van der Waals surface area contributed by atoms with Gasteiger partial charge in [-0.2, -0.15) is 0 Å². The molecule has 2 rings (SSSR count). The molecule has 1 aromatic carbocycles. The summed E-state index contributed by atoms with van der Waals surface area (Å²) in [5, 5.41) is 1.13. The Bertz CT molecular complexity index is 482. The van der Waals surface area contributed by atoms with Crippen LogP contribution in [0.25, 0.3) is 0 Å². The molecule has 1 aromatic rings. The molecule has 0 radical (unpaired) electrons. The van der Waals surface area contributed by atoms with Crippen molar-refractivity contribution >= 4 is 17.6 Å². The number of rotatable bonds is 3. The number of carbonyl (C=O) groups excluding carboxylic acids is 2. The first-order chi connectivity index (χ1) is 10.1. The van der Waals surface area contributed by atoms with Crippen LogP contribution in [0.1, 0.15) is 26.2 Å². The maximum Gasteiger partial charge on any atom is 0.336 e. The van der Waals surface area contributed by atoms with Crippen molar-refractivity contribution in [3.05, 3.63) is 30.3 Å². The molecule has 0 aliphatic carbocycles. The van der Waals surface area contributed by atoms with Crippen LogP contribution in [-0.2, 0) is 14.4 Å². The fraction of sp³-hybridized carbons (Fsp3) is 0.500. The summed E-state index contributed by atoms with van der Waals surface area (Å²) < 4.78 is 0. The maximum atomic E-state index is 12.3. The van der Waals surface area contributed by atoms with Gasteiger partial charge in [-0.1, -0.05) is 25.1 Å². The number of nitrogens with zero attached hydrogens (tertiary/aromatic N) is 2. The van der Waals surface area contributed by atoms with E-state index in [2.05, 4.69) is 4.90 Å². The van der Waals surface area contributed by atoms with Gasteiger partial charge in [0.1, 0.15) is 0 Å². The third-order valence-electron chi connectivity index (χ3n) is 3.75. The van der Waals surface area contributed by atoms with Crippen molar-refractivity contribution in [1.29, 1.82) is 0 Å². The molecule has 0 bridgehead atoms. The molecule has 21 heavy (non-hydrogen) atoms. The van der Waals surface area contributed by atoms with Crippen LogP contribution in [0.2, 0.25) is 0 Å². The Hall–Kier alpha value is -1.88. The highest BCUT2D eigenvalue weighted by Crippen LogP contribution is 2.21. The summed E-state index contributed by atoms with van der Waals surface area (Å²) in [7, 11) is 2.04. The number of carbonyl (C=O) groups is 2. The topological polar surface area (TPSA) is 49.9 Å².